The number of ether oxygens (including phenoxy) is 1. The third kappa shape index (κ3) is 2.38. The first-order chi connectivity index (χ1) is 8.19. The summed E-state index contributed by atoms with van der Waals surface area (Å²) in [4.78, 5) is 4.25. The summed E-state index contributed by atoms with van der Waals surface area (Å²) in [6, 6.07) is 0. The lowest BCUT2D eigenvalue weighted by Crippen LogP contribution is -2.42. The summed E-state index contributed by atoms with van der Waals surface area (Å²) in [5.74, 6) is 0.709. The first-order valence-corrected chi connectivity index (χ1v) is 6.49. The van der Waals surface area contributed by atoms with Gasteiger partial charge in [-0.15, -0.1) is 0 Å². The van der Waals surface area contributed by atoms with E-state index in [-0.39, 0.29) is 0 Å². The van der Waals surface area contributed by atoms with Crippen molar-refractivity contribution in [1.29, 1.82) is 0 Å². The highest BCUT2D eigenvalue weighted by atomic mass is 16.5. The molecule has 4 heteroatoms. The molecule has 0 spiro atoms. The van der Waals surface area contributed by atoms with E-state index in [1.807, 2.05) is 24.7 Å². The van der Waals surface area contributed by atoms with E-state index in [2.05, 4.69) is 4.98 Å². The van der Waals surface area contributed by atoms with E-state index in [0.717, 1.165) is 25.7 Å². The quantitative estimate of drug-likeness (QED) is 0.874. The molecule has 0 bridgehead atoms. The predicted molar refractivity (Wildman–Crippen MR) is 65.6 cm³/mol. The van der Waals surface area contributed by atoms with Gasteiger partial charge in [0.05, 0.1) is 0 Å². The highest BCUT2D eigenvalue weighted by Crippen LogP contribution is 2.40. The zero-order valence-corrected chi connectivity index (χ0v) is 10.7. The molecule has 0 aromatic carbocycles. The van der Waals surface area contributed by atoms with Crippen molar-refractivity contribution in [1.82, 2.24) is 9.55 Å². The summed E-state index contributed by atoms with van der Waals surface area (Å²) in [7, 11) is 1.91. The molecule has 0 amide bonds. The Morgan fingerprint density at radius 3 is 2.71 bits per heavy atom. The second kappa shape index (κ2) is 5.19. The third-order valence-corrected chi connectivity index (χ3v) is 3.73. The number of aliphatic hydroxyl groups excluding tert-OH is 1. The first-order valence-electron chi connectivity index (χ1n) is 6.49. The molecule has 1 aliphatic carbocycles. The Labute approximate surface area is 103 Å². The van der Waals surface area contributed by atoms with Crippen molar-refractivity contribution >= 4 is 0 Å². The van der Waals surface area contributed by atoms with Crippen molar-refractivity contribution in [3.8, 4) is 0 Å². The predicted octanol–water partition coefficient (Wildman–Crippen LogP) is 2.19. The zero-order chi connectivity index (χ0) is 12.3. The van der Waals surface area contributed by atoms with E-state index in [0.29, 0.717) is 12.4 Å². The van der Waals surface area contributed by atoms with Gasteiger partial charge in [-0.3, -0.25) is 0 Å². The van der Waals surface area contributed by atoms with Crippen LogP contribution in [0.4, 0.5) is 0 Å². The summed E-state index contributed by atoms with van der Waals surface area (Å²) in [5, 5.41) is 10.6. The molecule has 1 unspecified atom stereocenters. The maximum Gasteiger partial charge on any atom is 0.141 e. The van der Waals surface area contributed by atoms with Crippen LogP contribution in [0, 0.1) is 0 Å². The van der Waals surface area contributed by atoms with Crippen LogP contribution >= 0.6 is 0 Å². The minimum absolute atomic E-state index is 0.424. The van der Waals surface area contributed by atoms with Gasteiger partial charge in [0, 0.05) is 26.0 Å². The Bertz CT molecular complexity index is 351. The number of aromatic nitrogens is 2. The van der Waals surface area contributed by atoms with Crippen LogP contribution in [0.3, 0.4) is 0 Å². The number of aryl methyl sites for hydroxylation is 1. The zero-order valence-electron chi connectivity index (χ0n) is 10.7. The van der Waals surface area contributed by atoms with E-state index in [1.54, 1.807) is 6.20 Å². The van der Waals surface area contributed by atoms with Gasteiger partial charge in [-0.1, -0.05) is 19.3 Å². The van der Waals surface area contributed by atoms with Gasteiger partial charge in [0.25, 0.3) is 0 Å². The van der Waals surface area contributed by atoms with E-state index in [9.17, 15) is 5.11 Å². The first kappa shape index (κ1) is 12.6. The summed E-state index contributed by atoms with van der Waals surface area (Å²) >= 11 is 0. The van der Waals surface area contributed by atoms with Gasteiger partial charge in [0.15, 0.2) is 0 Å². The molecule has 1 aromatic heterocycles. The number of aliphatic hydroxyl groups is 1. The van der Waals surface area contributed by atoms with Crippen molar-refractivity contribution in [3.63, 3.8) is 0 Å². The van der Waals surface area contributed by atoms with Crippen LogP contribution < -0.4 is 0 Å². The second-order valence-electron chi connectivity index (χ2n) is 4.86. The monoisotopic (exact) mass is 238 g/mol. The van der Waals surface area contributed by atoms with Gasteiger partial charge in [-0.2, -0.15) is 0 Å². The Kier molecular flexibility index (Phi) is 3.84. The molecule has 2 rings (SSSR count). The topological polar surface area (TPSA) is 47.3 Å². The SMILES string of the molecule is CCOC1(C(O)c2nccn2C)CCCCC1. The van der Waals surface area contributed by atoms with Crippen LogP contribution in [-0.4, -0.2) is 26.9 Å². The summed E-state index contributed by atoms with van der Waals surface area (Å²) < 4.78 is 7.78. The minimum atomic E-state index is -0.622. The number of hydrogen-bond acceptors (Lipinski definition) is 3. The van der Waals surface area contributed by atoms with Crippen molar-refractivity contribution < 1.29 is 9.84 Å². The second-order valence-corrected chi connectivity index (χ2v) is 4.86. The van der Waals surface area contributed by atoms with Crippen LogP contribution in [0.25, 0.3) is 0 Å². The Hall–Kier alpha value is -0.870. The molecule has 1 N–H and O–H groups in total. The largest absolute Gasteiger partial charge is 0.382 e. The number of rotatable bonds is 4. The van der Waals surface area contributed by atoms with E-state index in [4.69, 9.17) is 4.74 Å². The van der Waals surface area contributed by atoms with Crippen molar-refractivity contribution in [2.45, 2.75) is 50.7 Å². The smallest absolute Gasteiger partial charge is 0.141 e. The molecule has 1 atom stereocenters. The normalized spacial score (nSPS) is 21.4. The number of nitrogens with zero attached hydrogens (tertiary/aromatic N) is 2. The summed E-state index contributed by atoms with van der Waals surface area (Å²) in [5.41, 5.74) is -0.424. The molecule has 0 aliphatic heterocycles. The van der Waals surface area contributed by atoms with Crippen LogP contribution in [-0.2, 0) is 11.8 Å². The standard InChI is InChI=1S/C13H22N2O2/c1-3-17-13(7-5-4-6-8-13)11(16)12-14-9-10-15(12)2/h9-11,16H,3-8H2,1-2H3. The lowest BCUT2D eigenvalue weighted by Gasteiger charge is -2.40. The van der Waals surface area contributed by atoms with Crippen LogP contribution in [0.5, 0.6) is 0 Å². The van der Waals surface area contributed by atoms with Gasteiger partial charge in [0.1, 0.15) is 17.5 Å². The number of hydrogen-bond donors (Lipinski definition) is 1. The van der Waals surface area contributed by atoms with E-state index < -0.39 is 11.7 Å². The molecule has 17 heavy (non-hydrogen) atoms. The van der Waals surface area contributed by atoms with Gasteiger partial charge >= 0.3 is 0 Å². The van der Waals surface area contributed by atoms with Gasteiger partial charge in [-0.25, -0.2) is 4.98 Å². The van der Waals surface area contributed by atoms with Crippen LogP contribution in [0.2, 0.25) is 0 Å². The maximum atomic E-state index is 10.6. The molecule has 1 saturated carbocycles. The molecule has 1 aromatic rings. The van der Waals surface area contributed by atoms with Crippen LogP contribution in [0.1, 0.15) is 51.0 Å². The van der Waals surface area contributed by atoms with Crippen LogP contribution in [0.15, 0.2) is 12.4 Å². The fourth-order valence-electron chi connectivity index (χ4n) is 2.81. The molecule has 4 nitrogen and oxygen atoms in total. The van der Waals surface area contributed by atoms with Gasteiger partial charge in [0.2, 0.25) is 0 Å². The summed E-state index contributed by atoms with van der Waals surface area (Å²) in [6.45, 7) is 2.63. The van der Waals surface area contributed by atoms with Crippen molar-refractivity contribution in [2.75, 3.05) is 6.61 Å². The summed E-state index contributed by atoms with van der Waals surface area (Å²) in [6.07, 6.45) is 8.30. The molecule has 1 aliphatic rings. The van der Waals surface area contributed by atoms with Crippen molar-refractivity contribution in [3.05, 3.63) is 18.2 Å². The third-order valence-electron chi connectivity index (χ3n) is 3.73. The van der Waals surface area contributed by atoms with E-state index >= 15 is 0 Å². The Morgan fingerprint density at radius 1 is 1.47 bits per heavy atom. The average molecular weight is 238 g/mol. The van der Waals surface area contributed by atoms with E-state index in [1.165, 1.54) is 6.42 Å². The van der Waals surface area contributed by atoms with Gasteiger partial charge in [-0.05, 0) is 19.8 Å². The highest BCUT2D eigenvalue weighted by molar-refractivity contribution is 5.05. The number of imidazole rings is 1. The lowest BCUT2D eigenvalue weighted by molar-refractivity contribution is -0.145. The molecule has 0 radical (unpaired) electrons. The molecular weight excluding hydrogens is 216 g/mol. The minimum Gasteiger partial charge on any atom is -0.382 e. The molecule has 0 saturated heterocycles. The van der Waals surface area contributed by atoms with Gasteiger partial charge < -0.3 is 14.4 Å². The molecular formula is C13H22N2O2. The highest BCUT2D eigenvalue weighted by Gasteiger charge is 2.42. The molecule has 1 heterocycles. The fraction of sp³-hybridized carbons (Fsp3) is 0.769. The lowest BCUT2D eigenvalue weighted by atomic mass is 9.80. The fourth-order valence-corrected chi connectivity index (χ4v) is 2.81. The van der Waals surface area contributed by atoms with Crippen molar-refractivity contribution in [2.24, 2.45) is 7.05 Å². The molecule has 1 fully saturated rings. The maximum absolute atomic E-state index is 10.6. The Morgan fingerprint density at radius 2 is 2.18 bits per heavy atom. The Balaban J connectivity index is 2.23. The molecule has 96 valence electrons. The average Bonchev–Trinajstić information content (AvgIpc) is 2.76.